The lowest BCUT2D eigenvalue weighted by Crippen LogP contribution is -2.44. The van der Waals surface area contributed by atoms with E-state index in [1.54, 1.807) is 12.1 Å². The maximum absolute atomic E-state index is 12.4. The molecule has 1 N–H and O–H groups in total. The summed E-state index contributed by atoms with van der Waals surface area (Å²) in [7, 11) is 3.54. The highest BCUT2D eigenvalue weighted by Gasteiger charge is 2.17. The average Bonchev–Trinajstić information content (AvgIpc) is 2.75. The molecule has 9 heteroatoms. The van der Waals surface area contributed by atoms with E-state index in [9.17, 15) is 14.9 Å². The van der Waals surface area contributed by atoms with Gasteiger partial charge in [0.25, 0.3) is 0 Å². The maximum Gasteiger partial charge on any atom is 0.311 e. The van der Waals surface area contributed by atoms with Crippen molar-refractivity contribution in [3.63, 3.8) is 0 Å². The fraction of sp³-hybridized carbons (Fsp3) is 0.409. The molecule has 1 aliphatic rings. The first-order chi connectivity index (χ1) is 14.9. The number of thioether (sulfide) groups is 1. The molecule has 1 saturated heterocycles. The van der Waals surface area contributed by atoms with Gasteiger partial charge in [-0.1, -0.05) is 6.07 Å². The third-order valence-electron chi connectivity index (χ3n) is 5.29. The van der Waals surface area contributed by atoms with Crippen molar-refractivity contribution >= 4 is 34.7 Å². The zero-order valence-electron chi connectivity index (χ0n) is 18.1. The number of carbonyl (C=O) groups is 1. The molecule has 1 amide bonds. The zero-order chi connectivity index (χ0) is 22.4. The number of hydrogen-bond acceptors (Lipinski definition) is 7. The number of nitro groups is 1. The molecule has 0 bridgehead atoms. The van der Waals surface area contributed by atoms with E-state index in [0.717, 1.165) is 43.0 Å². The summed E-state index contributed by atoms with van der Waals surface area (Å²) in [5.41, 5.74) is 3.72. The van der Waals surface area contributed by atoms with Crippen molar-refractivity contribution in [2.75, 3.05) is 56.3 Å². The van der Waals surface area contributed by atoms with Gasteiger partial charge in [-0.05, 0) is 49.4 Å². The number of rotatable bonds is 8. The molecule has 8 nitrogen and oxygen atoms in total. The Hall–Kier alpha value is -2.78. The largest absolute Gasteiger partial charge is 0.490 e. The molecule has 0 saturated carbocycles. The third-order valence-corrected chi connectivity index (χ3v) is 6.30. The predicted molar refractivity (Wildman–Crippen MR) is 125 cm³/mol. The van der Waals surface area contributed by atoms with Crippen LogP contribution in [0.2, 0.25) is 0 Å². The summed E-state index contributed by atoms with van der Waals surface area (Å²) >= 11 is 1.41. The number of likely N-dealkylation sites (N-methyl/N-ethyl adjacent to an activating group) is 1. The number of methoxy groups -OCH3 is 1. The molecule has 0 aromatic heterocycles. The van der Waals surface area contributed by atoms with Crippen LogP contribution in [0, 0.1) is 17.0 Å². The molecule has 31 heavy (non-hydrogen) atoms. The monoisotopic (exact) mass is 444 g/mol. The topological polar surface area (TPSA) is 88.0 Å². The van der Waals surface area contributed by atoms with Crippen molar-refractivity contribution in [2.45, 2.75) is 12.7 Å². The Bertz CT molecular complexity index is 945. The Morgan fingerprint density at radius 1 is 1.19 bits per heavy atom. The van der Waals surface area contributed by atoms with Crippen molar-refractivity contribution in [1.82, 2.24) is 4.90 Å². The molecule has 1 aliphatic heterocycles. The molecular weight excluding hydrogens is 416 g/mol. The van der Waals surface area contributed by atoms with Gasteiger partial charge in [0.15, 0.2) is 5.75 Å². The minimum absolute atomic E-state index is 0.0684. The van der Waals surface area contributed by atoms with Gasteiger partial charge in [0.2, 0.25) is 5.91 Å². The molecule has 1 heterocycles. The Labute approximate surface area is 186 Å². The number of piperazine rings is 1. The second-order valence-electron chi connectivity index (χ2n) is 7.59. The molecule has 0 unspecified atom stereocenters. The predicted octanol–water partition coefficient (Wildman–Crippen LogP) is 3.54. The summed E-state index contributed by atoms with van der Waals surface area (Å²) in [5, 5.41) is 14.1. The Morgan fingerprint density at radius 3 is 2.58 bits per heavy atom. The first-order valence-corrected chi connectivity index (χ1v) is 11.3. The molecule has 0 aliphatic carbocycles. The number of benzene rings is 2. The number of nitrogens with zero attached hydrogens (tertiary/aromatic N) is 3. The minimum atomic E-state index is -0.464. The van der Waals surface area contributed by atoms with Crippen LogP contribution in [0.15, 0.2) is 36.4 Å². The number of aryl methyl sites for hydroxylation is 1. The molecule has 0 radical (unpaired) electrons. The second kappa shape index (κ2) is 10.5. The van der Waals surface area contributed by atoms with Crippen LogP contribution in [0.25, 0.3) is 0 Å². The standard InChI is InChI=1S/C22H28N4O4S/c1-16-12-18(25-10-8-24(2)9-11-25)5-6-19(16)23-22(27)15-31-14-17-4-7-21(30-3)20(13-17)26(28)29/h4-7,12-13H,8-11,14-15H2,1-3H3,(H,23,27). The lowest BCUT2D eigenvalue weighted by molar-refractivity contribution is -0.385. The number of carbonyl (C=O) groups excluding carboxylic acids is 1. The molecule has 0 atom stereocenters. The highest BCUT2D eigenvalue weighted by Crippen LogP contribution is 2.29. The van der Waals surface area contributed by atoms with E-state index in [2.05, 4.69) is 34.3 Å². The summed E-state index contributed by atoms with van der Waals surface area (Å²) in [6.45, 7) is 6.10. The van der Waals surface area contributed by atoms with Gasteiger partial charge in [0.1, 0.15) is 0 Å². The van der Waals surface area contributed by atoms with Gasteiger partial charge < -0.3 is 19.9 Å². The van der Waals surface area contributed by atoms with Gasteiger partial charge in [0, 0.05) is 49.4 Å². The van der Waals surface area contributed by atoms with Gasteiger partial charge >= 0.3 is 5.69 Å². The van der Waals surface area contributed by atoms with Crippen molar-refractivity contribution in [2.24, 2.45) is 0 Å². The molecule has 3 rings (SSSR count). The normalized spacial score (nSPS) is 14.4. The average molecular weight is 445 g/mol. The van der Waals surface area contributed by atoms with E-state index in [1.807, 2.05) is 13.0 Å². The number of ether oxygens (including phenoxy) is 1. The van der Waals surface area contributed by atoms with E-state index < -0.39 is 4.92 Å². The number of amides is 1. The maximum atomic E-state index is 12.4. The van der Waals surface area contributed by atoms with Crippen molar-refractivity contribution in [1.29, 1.82) is 0 Å². The summed E-state index contributed by atoms with van der Waals surface area (Å²) in [5.74, 6) is 0.898. The fourth-order valence-corrected chi connectivity index (χ4v) is 4.24. The first-order valence-electron chi connectivity index (χ1n) is 10.1. The van der Waals surface area contributed by atoms with Crippen LogP contribution >= 0.6 is 11.8 Å². The lowest BCUT2D eigenvalue weighted by atomic mass is 10.1. The highest BCUT2D eigenvalue weighted by molar-refractivity contribution is 7.99. The summed E-state index contributed by atoms with van der Waals surface area (Å²) in [6, 6.07) is 11.0. The SMILES string of the molecule is COc1ccc(CSCC(=O)Nc2ccc(N3CCN(C)CC3)cc2C)cc1[N+](=O)[O-]. The van der Waals surface area contributed by atoms with Crippen LogP contribution in [0.3, 0.4) is 0 Å². The smallest absolute Gasteiger partial charge is 0.311 e. The van der Waals surface area contributed by atoms with Gasteiger partial charge in [-0.3, -0.25) is 14.9 Å². The van der Waals surface area contributed by atoms with E-state index in [0.29, 0.717) is 5.75 Å². The third kappa shape index (κ3) is 6.11. The lowest BCUT2D eigenvalue weighted by Gasteiger charge is -2.34. The van der Waals surface area contributed by atoms with Crippen LogP contribution in [0.1, 0.15) is 11.1 Å². The second-order valence-corrected chi connectivity index (χ2v) is 8.58. The highest BCUT2D eigenvalue weighted by atomic mass is 32.2. The van der Waals surface area contributed by atoms with Gasteiger partial charge in [-0.15, -0.1) is 11.8 Å². The molecule has 0 spiro atoms. The summed E-state index contributed by atoms with van der Waals surface area (Å²) in [4.78, 5) is 27.7. The van der Waals surface area contributed by atoms with E-state index in [-0.39, 0.29) is 23.1 Å². The Morgan fingerprint density at radius 2 is 1.94 bits per heavy atom. The summed E-state index contributed by atoms with van der Waals surface area (Å²) in [6.07, 6.45) is 0. The summed E-state index contributed by atoms with van der Waals surface area (Å²) < 4.78 is 5.02. The van der Waals surface area contributed by atoms with Crippen LogP contribution in [0.4, 0.5) is 17.1 Å². The zero-order valence-corrected chi connectivity index (χ0v) is 18.9. The van der Waals surface area contributed by atoms with Gasteiger partial charge in [0.05, 0.1) is 17.8 Å². The number of hydrogen-bond donors (Lipinski definition) is 1. The molecule has 2 aromatic carbocycles. The number of nitrogens with one attached hydrogen (secondary N) is 1. The number of anilines is 2. The number of nitro benzene ring substituents is 1. The van der Waals surface area contributed by atoms with Crippen LogP contribution in [0.5, 0.6) is 5.75 Å². The first kappa shape index (κ1) is 22.9. The van der Waals surface area contributed by atoms with E-state index >= 15 is 0 Å². The molecule has 2 aromatic rings. The fourth-order valence-electron chi connectivity index (χ4n) is 3.47. The molecule has 1 fully saturated rings. The Kier molecular flexibility index (Phi) is 7.75. The molecule has 166 valence electrons. The van der Waals surface area contributed by atoms with Gasteiger partial charge in [-0.2, -0.15) is 0 Å². The quantitative estimate of drug-likeness (QED) is 0.492. The van der Waals surface area contributed by atoms with Crippen LogP contribution < -0.4 is 15.0 Å². The van der Waals surface area contributed by atoms with Crippen LogP contribution in [-0.4, -0.2) is 61.8 Å². The Balaban J connectivity index is 1.52. The van der Waals surface area contributed by atoms with E-state index in [4.69, 9.17) is 4.74 Å². The van der Waals surface area contributed by atoms with E-state index in [1.165, 1.54) is 30.6 Å². The molecular formula is C22H28N4O4S. The van der Waals surface area contributed by atoms with Crippen LogP contribution in [-0.2, 0) is 10.5 Å². The van der Waals surface area contributed by atoms with Gasteiger partial charge in [-0.25, -0.2) is 0 Å². The minimum Gasteiger partial charge on any atom is -0.490 e. The van der Waals surface area contributed by atoms with Crippen molar-refractivity contribution < 1.29 is 14.5 Å². The van der Waals surface area contributed by atoms with Crippen molar-refractivity contribution in [3.05, 3.63) is 57.6 Å². The van der Waals surface area contributed by atoms with Crippen molar-refractivity contribution in [3.8, 4) is 5.75 Å².